The molecule has 0 aromatic heterocycles. The highest BCUT2D eigenvalue weighted by Gasteiger charge is 2.27. The summed E-state index contributed by atoms with van der Waals surface area (Å²) in [4.78, 5) is 4.15. The maximum Gasteiger partial charge on any atom is 0.214 e. The Hall–Kier alpha value is -1.80. The van der Waals surface area contributed by atoms with Crippen LogP contribution >= 0.6 is 0 Å². The number of nitrogens with zero attached hydrogens (tertiary/aromatic N) is 2. The van der Waals surface area contributed by atoms with Gasteiger partial charge in [0, 0.05) is 13.1 Å². The minimum absolute atomic E-state index is 0.228. The number of rotatable bonds is 5. The van der Waals surface area contributed by atoms with Gasteiger partial charge in [0.1, 0.15) is 5.75 Å². The summed E-state index contributed by atoms with van der Waals surface area (Å²) in [6.07, 6.45) is 0.682. The molecule has 0 spiro atoms. The Balaban J connectivity index is 1.90. The SMILES string of the molecule is COc1ccccc1NC(N)=NCCN1CCCS1(=O)=O. The number of hydrogen-bond donors (Lipinski definition) is 2. The van der Waals surface area contributed by atoms with E-state index in [0.717, 1.165) is 5.69 Å². The van der Waals surface area contributed by atoms with E-state index in [4.69, 9.17) is 10.5 Å². The van der Waals surface area contributed by atoms with Gasteiger partial charge in [0.15, 0.2) is 5.96 Å². The monoisotopic (exact) mass is 312 g/mol. The number of para-hydroxylation sites is 2. The van der Waals surface area contributed by atoms with Gasteiger partial charge in [0.2, 0.25) is 10.0 Å². The number of nitrogens with one attached hydrogen (secondary N) is 1. The van der Waals surface area contributed by atoms with Gasteiger partial charge in [-0.25, -0.2) is 12.7 Å². The van der Waals surface area contributed by atoms with Crippen molar-refractivity contribution in [2.75, 3.05) is 37.8 Å². The van der Waals surface area contributed by atoms with Crippen LogP contribution in [-0.2, 0) is 10.0 Å². The van der Waals surface area contributed by atoms with Crippen molar-refractivity contribution in [3.8, 4) is 5.75 Å². The van der Waals surface area contributed by atoms with Gasteiger partial charge < -0.3 is 15.8 Å². The third-order valence-corrected chi connectivity index (χ3v) is 5.16. The summed E-state index contributed by atoms with van der Waals surface area (Å²) in [5.41, 5.74) is 6.51. The van der Waals surface area contributed by atoms with E-state index in [1.807, 2.05) is 24.3 Å². The quantitative estimate of drug-likeness (QED) is 0.608. The first-order valence-corrected chi connectivity index (χ1v) is 8.31. The van der Waals surface area contributed by atoms with Gasteiger partial charge in [-0.05, 0) is 18.6 Å². The van der Waals surface area contributed by atoms with E-state index >= 15 is 0 Å². The minimum atomic E-state index is -3.07. The summed E-state index contributed by atoms with van der Waals surface area (Å²) in [7, 11) is -1.50. The number of nitrogens with two attached hydrogens (primary N) is 1. The first-order chi connectivity index (χ1) is 10.0. The maximum absolute atomic E-state index is 11.6. The summed E-state index contributed by atoms with van der Waals surface area (Å²) in [6.45, 7) is 1.25. The molecule has 0 unspecified atom stereocenters. The zero-order chi connectivity index (χ0) is 15.3. The van der Waals surface area contributed by atoms with Gasteiger partial charge in [-0.1, -0.05) is 12.1 Å². The highest BCUT2D eigenvalue weighted by Crippen LogP contribution is 2.22. The summed E-state index contributed by atoms with van der Waals surface area (Å²) >= 11 is 0. The number of sulfonamides is 1. The predicted molar refractivity (Wildman–Crippen MR) is 83.1 cm³/mol. The number of aliphatic imine (C=N–C) groups is 1. The van der Waals surface area contributed by atoms with E-state index in [-0.39, 0.29) is 11.7 Å². The minimum Gasteiger partial charge on any atom is -0.495 e. The molecule has 1 fully saturated rings. The molecule has 0 saturated carbocycles. The number of anilines is 1. The van der Waals surface area contributed by atoms with Crippen LogP contribution in [0.25, 0.3) is 0 Å². The largest absolute Gasteiger partial charge is 0.495 e. The first kappa shape index (κ1) is 15.6. The lowest BCUT2D eigenvalue weighted by molar-refractivity contribution is 0.417. The van der Waals surface area contributed by atoms with E-state index < -0.39 is 10.0 Å². The molecule has 21 heavy (non-hydrogen) atoms. The van der Waals surface area contributed by atoms with Crippen LogP contribution < -0.4 is 15.8 Å². The van der Waals surface area contributed by atoms with E-state index in [2.05, 4.69) is 10.3 Å². The van der Waals surface area contributed by atoms with Gasteiger partial charge >= 0.3 is 0 Å². The molecule has 0 atom stereocenters. The van der Waals surface area contributed by atoms with Crippen LogP contribution in [0.5, 0.6) is 5.75 Å². The molecule has 0 amide bonds. The zero-order valence-corrected chi connectivity index (χ0v) is 12.8. The molecule has 1 aromatic carbocycles. The van der Waals surface area contributed by atoms with E-state index in [1.165, 1.54) is 4.31 Å². The zero-order valence-electron chi connectivity index (χ0n) is 11.9. The Bertz CT molecular complexity index is 616. The van der Waals surface area contributed by atoms with Crippen LogP contribution in [0.3, 0.4) is 0 Å². The van der Waals surface area contributed by atoms with Crippen LogP contribution in [0.2, 0.25) is 0 Å². The summed E-state index contributed by atoms with van der Waals surface area (Å²) < 4.78 is 29.9. The number of methoxy groups -OCH3 is 1. The van der Waals surface area contributed by atoms with E-state index in [1.54, 1.807) is 7.11 Å². The Labute approximate surface area is 124 Å². The molecular formula is C13H20N4O3S. The number of hydrogen-bond acceptors (Lipinski definition) is 4. The van der Waals surface area contributed by atoms with Crippen LogP contribution in [0.15, 0.2) is 29.3 Å². The Morgan fingerprint density at radius 1 is 1.48 bits per heavy atom. The Kier molecular flexibility index (Phi) is 5.03. The molecule has 2 rings (SSSR count). The third-order valence-electron chi connectivity index (χ3n) is 3.20. The first-order valence-electron chi connectivity index (χ1n) is 6.71. The molecule has 8 heteroatoms. The molecule has 1 heterocycles. The van der Waals surface area contributed by atoms with Gasteiger partial charge in [-0.15, -0.1) is 0 Å². The standard InChI is InChI=1S/C13H20N4O3S/c1-20-12-6-3-2-5-11(12)16-13(14)15-7-9-17-8-4-10-21(17,18)19/h2-3,5-6H,4,7-10H2,1H3,(H3,14,15,16). The van der Waals surface area contributed by atoms with Crippen molar-refractivity contribution in [1.29, 1.82) is 0 Å². The fraction of sp³-hybridized carbons (Fsp3) is 0.462. The van der Waals surface area contributed by atoms with Crippen LogP contribution in [0.1, 0.15) is 6.42 Å². The van der Waals surface area contributed by atoms with Gasteiger partial charge in [-0.3, -0.25) is 4.99 Å². The smallest absolute Gasteiger partial charge is 0.214 e. The molecule has 1 aliphatic heterocycles. The van der Waals surface area contributed by atoms with Crippen LogP contribution in [0.4, 0.5) is 5.69 Å². The highest BCUT2D eigenvalue weighted by atomic mass is 32.2. The molecule has 0 bridgehead atoms. The molecule has 0 radical (unpaired) electrons. The summed E-state index contributed by atoms with van der Waals surface area (Å²) in [5, 5.41) is 2.94. The predicted octanol–water partition coefficient (Wildman–Crippen LogP) is 0.457. The topological polar surface area (TPSA) is 97.0 Å². The van der Waals surface area contributed by atoms with Crippen molar-refractivity contribution in [1.82, 2.24) is 4.31 Å². The second-order valence-electron chi connectivity index (χ2n) is 4.66. The second kappa shape index (κ2) is 6.77. The molecule has 7 nitrogen and oxygen atoms in total. The molecule has 1 saturated heterocycles. The normalized spacial score (nSPS) is 18.6. The highest BCUT2D eigenvalue weighted by molar-refractivity contribution is 7.89. The van der Waals surface area contributed by atoms with Crippen molar-refractivity contribution >= 4 is 21.7 Å². The molecule has 1 aliphatic rings. The van der Waals surface area contributed by atoms with Crippen molar-refractivity contribution < 1.29 is 13.2 Å². The van der Waals surface area contributed by atoms with Gasteiger partial charge in [0.05, 0.1) is 25.1 Å². The summed E-state index contributed by atoms with van der Waals surface area (Å²) in [6, 6.07) is 7.35. The van der Waals surface area contributed by atoms with Gasteiger partial charge in [0.25, 0.3) is 0 Å². The molecule has 116 valence electrons. The lowest BCUT2D eigenvalue weighted by Crippen LogP contribution is -2.30. The lowest BCUT2D eigenvalue weighted by Gasteiger charge is -2.13. The van der Waals surface area contributed by atoms with Crippen molar-refractivity contribution in [3.05, 3.63) is 24.3 Å². The van der Waals surface area contributed by atoms with E-state index in [9.17, 15) is 8.42 Å². The fourth-order valence-electron chi connectivity index (χ4n) is 2.15. The molecule has 1 aromatic rings. The number of benzene rings is 1. The van der Waals surface area contributed by atoms with Crippen LogP contribution in [-0.4, -0.2) is 51.2 Å². The van der Waals surface area contributed by atoms with Gasteiger partial charge in [-0.2, -0.15) is 0 Å². The Morgan fingerprint density at radius 3 is 2.90 bits per heavy atom. The maximum atomic E-state index is 11.6. The average molecular weight is 312 g/mol. The van der Waals surface area contributed by atoms with Crippen LogP contribution in [0, 0.1) is 0 Å². The number of ether oxygens (including phenoxy) is 1. The molecule has 0 aliphatic carbocycles. The van der Waals surface area contributed by atoms with Crippen molar-refractivity contribution in [3.63, 3.8) is 0 Å². The van der Waals surface area contributed by atoms with Crippen molar-refractivity contribution in [2.45, 2.75) is 6.42 Å². The Morgan fingerprint density at radius 2 is 2.24 bits per heavy atom. The summed E-state index contributed by atoms with van der Waals surface area (Å²) in [5.74, 6) is 1.12. The third kappa shape index (κ3) is 4.08. The number of guanidine groups is 1. The average Bonchev–Trinajstić information content (AvgIpc) is 2.78. The van der Waals surface area contributed by atoms with E-state index in [0.29, 0.717) is 31.8 Å². The molecule has 3 N–H and O–H groups in total. The second-order valence-corrected chi connectivity index (χ2v) is 6.75. The molecular weight excluding hydrogens is 292 g/mol. The fourth-order valence-corrected chi connectivity index (χ4v) is 3.67. The lowest BCUT2D eigenvalue weighted by atomic mass is 10.3. The van der Waals surface area contributed by atoms with Crippen molar-refractivity contribution in [2.24, 2.45) is 10.7 Å².